The average Bonchev–Trinajstić information content (AvgIpc) is 3.14. The number of halogens is 3. The molecule has 3 aromatic heterocycles. The van der Waals surface area contributed by atoms with Crippen LogP contribution in [0.2, 0.25) is 0 Å². The van der Waals surface area contributed by atoms with Gasteiger partial charge in [0.05, 0.1) is 18.4 Å². The van der Waals surface area contributed by atoms with Gasteiger partial charge in [0.1, 0.15) is 11.5 Å². The first-order chi connectivity index (χ1) is 15.8. The molecule has 1 saturated heterocycles. The van der Waals surface area contributed by atoms with Crippen LogP contribution in [0.5, 0.6) is 0 Å². The molecule has 2 aliphatic carbocycles. The number of hydrogen-bond donors (Lipinski definition) is 1. The molecule has 0 bridgehead atoms. The normalized spacial score (nSPS) is 27.5. The first-order valence-corrected chi connectivity index (χ1v) is 10.6. The molecular formula is C21H19F3N8O. The topological polar surface area (TPSA) is 102 Å². The Morgan fingerprint density at radius 2 is 1.91 bits per heavy atom. The maximum atomic E-state index is 13.6. The van der Waals surface area contributed by atoms with Gasteiger partial charge in [-0.1, -0.05) is 0 Å². The summed E-state index contributed by atoms with van der Waals surface area (Å²) in [7, 11) is 0. The highest BCUT2D eigenvalue weighted by molar-refractivity contribution is 5.96. The molecule has 1 N–H and O–H groups in total. The van der Waals surface area contributed by atoms with Crippen molar-refractivity contribution < 1.29 is 18.0 Å². The Morgan fingerprint density at radius 3 is 2.61 bits per heavy atom. The fraction of sp³-hybridized carbons (Fsp3) is 0.429. The minimum Gasteiger partial charge on any atom is -0.364 e. The molecule has 4 heterocycles. The van der Waals surface area contributed by atoms with Crippen LogP contribution >= 0.6 is 0 Å². The Kier molecular flexibility index (Phi) is 4.08. The first-order valence-electron chi connectivity index (χ1n) is 10.6. The molecule has 1 spiro atoms. The van der Waals surface area contributed by atoms with Crippen LogP contribution in [0.1, 0.15) is 34.7 Å². The number of aryl methyl sites for hydroxylation is 1. The standard InChI is InChI=1S/C21H19F3N8O/c1-11-2-3-14(32-25-6-7-26-32)17(27-11)19(33)31-10-12-8-20(12)9-13(18(20)31)28-16-5-4-15(29-30-16)21(22,23)24/h2-7,12-13,18H,8-10H2,1H3,(H,28,30). The maximum absolute atomic E-state index is 13.6. The molecule has 1 aliphatic heterocycles. The lowest BCUT2D eigenvalue weighted by Gasteiger charge is -2.48. The second-order valence-corrected chi connectivity index (χ2v) is 8.93. The zero-order valence-corrected chi connectivity index (χ0v) is 17.5. The number of aromatic nitrogens is 6. The molecular weight excluding hydrogens is 437 g/mol. The highest BCUT2D eigenvalue weighted by atomic mass is 19.4. The number of likely N-dealkylation sites (tertiary alicyclic amines) is 1. The van der Waals surface area contributed by atoms with Gasteiger partial charge in [0, 0.05) is 18.3 Å². The van der Waals surface area contributed by atoms with Crippen LogP contribution in [0.3, 0.4) is 0 Å². The number of hydrogen-bond acceptors (Lipinski definition) is 7. The smallest absolute Gasteiger partial charge is 0.364 e. The van der Waals surface area contributed by atoms with Crippen LogP contribution in [-0.4, -0.2) is 59.6 Å². The lowest BCUT2D eigenvalue weighted by Crippen LogP contribution is -2.60. The molecule has 1 amide bonds. The molecule has 12 heteroatoms. The monoisotopic (exact) mass is 456 g/mol. The lowest BCUT2D eigenvalue weighted by molar-refractivity contribution is -0.141. The number of anilines is 1. The number of alkyl halides is 3. The fourth-order valence-electron chi connectivity index (χ4n) is 5.45. The number of rotatable bonds is 4. The summed E-state index contributed by atoms with van der Waals surface area (Å²) in [5.74, 6) is 0.487. The van der Waals surface area contributed by atoms with Crippen LogP contribution < -0.4 is 5.32 Å². The predicted octanol–water partition coefficient (Wildman–Crippen LogP) is 2.49. The number of nitrogens with one attached hydrogen (secondary N) is 1. The SMILES string of the molecule is Cc1ccc(-n2nccn2)c(C(=O)N2CC3CC34CC(Nc3ccc(C(F)(F)F)nn3)C24)n1. The van der Waals surface area contributed by atoms with Crippen LogP contribution in [-0.2, 0) is 6.18 Å². The van der Waals surface area contributed by atoms with Crippen LogP contribution in [0.25, 0.3) is 5.69 Å². The minimum absolute atomic E-state index is 0.0700. The summed E-state index contributed by atoms with van der Waals surface area (Å²) < 4.78 is 38.3. The predicted molar refractivity (Wildman–Crippen MR) is 108 cm³/mol. The van der Waals surface area contributed by atoms with E-state index in [0.717, 1.165) is 18.9 Å². The van der Waals surface area contributed by atoms with Crippen LogP contribution in [0.4, 0.5) is 19.0 Å². The molecule has 3 aromatic rings. The Hall–Kier alpha value is -3.57. The van der Waals surface area contributed by atoms with Gasteiger partial charge < -0.3 is 10.2 Å². The van der Waals surface area contributed by atoms with Crippen molar-refractivity contribution in [2.24, 2.45) is 11.3 Å². The quantitative estimate of drug-likeness (QED) is 0.644. The van der Waals surface area contributed by atoms with E-state index in [1.165, 1.54) is 23.3 Å². The molecule has 170 valence electrons. The Bertz CT molecular complexity index is 1230. The van der Waals surface area contributed by atoms with Gasteiger partial charge in [-0.05, 0) is 55.4 Å². The summed E-state index contributed by atoms with van der Waals surface area (Å²) >= 11 is 0. The van der Waals surface area contributed by atoms with Crippen molar-refractivity contribution in [1.29, 1.82) is 0 Å². The van der Waals surface area contributed by atoms with E-state index in [9.17, 15) is 18.0 Å². The van der Waals surface area contributed by atoms with Crippen molar-refractivity contribution in [2.45, 2.75) is 38.0 Å². The van der Waals surface area contributed by atoms with E-state index in [4.69, 9.17) is 0 Å². The van der Waals surface area contributed by atoms with Gasteiger partial charge in [-0.15, -0.1) is 15.0 Å². The van der Waals surface area contributed by atoms with Crippen molar-refractivity contribution in [3.63, 3.8) is 0 Å². The second kappa shape index (κ2) is 6.72. The van der Waals surface area contributed by atoms with Crippen molar-refractivity contribution in [1.82, 2.24) is 35.1 Å². The highest BCUT2D eigenvalue weighted by Gasteiger charge is 2.75. The van der Waals surface area contributed by atoms with Gasteiger partial charge >= 0.3 is 6.18 Å². The summed E-state index contributed by atoms with van der Waals surface area (Å²) in [5.41, 5.74) is 0.519. The molecule has 3 fully saturated rings. The third-order valence-corrected chi connectivity index (χ3v) is 7.00. The van der Waals surface area contributed by atoms with Gasteiger partial charge in [0.2, 0.25) is 0 Å². The van der Waals surface area contributed by atoms with Gasteiger partial charge in [-0.2, -0.15) is 23.4 Å². The summed E-state index contributed by atoms with van der Waals surface area (Å²) in [5, 5.41) is 18.4. The maximum Gasteiger partial charge on any atom is 0.435 e. The number of pyridine rings is 1. The molecule has 2 saturated carbocycles. The highest BCUT2D eigenvalue weighted by Crippen LogP contribution is 2.71. The van der Waals surface area contributed by atoms with Crippen molar-refractivity contribution in [2.75, 3.05) is 11.9 Å². The average molecular weight is 456 g/mol. The molecule has 4 unspecified atom stereocenters. The molecule has 0 aromatic carbocycles. The molecule has 33 heavy (non-hydrogen) atoms. The van der Waals surface area contributed by atoms with E-state index in [-0.39, 0.29) is 34.9 Å². The fourth-order valence-corrected chi connectivity index (χ4v) is 5.45. The van der Waals surface area contributed by atoms with Crippen LogP contribution in [0.15, 0.2) is 36.7 Å². The summed E-state index contributed by atoms with van der Waals surface area (Å²) in [6, 6.07) is 5.55. The Labute approximate surface area is 186 Å². The van der Waals surface area contributed by atoms with Crippen molar-refractivity contribution >= 4 is 11.7 Å². The second-order valence-electron chi connectivity index (χ2n) is 8.93. The number of amides is 1. The van der Waals surface area contributed by atoms with Crippen molar-refractivity contribution in [3.8, 4) is 5.69 Å². The Balaban J connectivity index is 1.26. The zero-order chi connectivity index (χ0) is 23.0. The summed E-state index contributed by atoms with van der Waals surface area (Å²) in [4.78, 5) is 21.3. The third kappa shape index (κ3) is 3.07. The summed E-state index contributed by atoms with van der Waals surface area (Å²) in [6.07, 6.45) is 0.414. The van der Waals surface area contributed by atoms with Gasteiger partial charge in [-0.3, -0.25) is 4.79 Å². The molecule has 6 rings (SSSR count). The molecule has 9 nitrogen and oxygen atoms in total. The zero-order valence-electron chi connectivity index (χ0n) is 17.5. The molecule has 0 radical (unpaired) electrons. The third-order valence-electron chi connectivity index (χ3n) is 7.00. The number of nitrogens with zero attached hydrogens (tertiary/aromatic N) is 7. The van der Waals surface area contributed by atoms with E-state index >= 15 is 0 Å². The van der Waals surface area contributed by atoms with Crippen LogP contribution in [0, 0.1) is 18.3 Å². The largest absolute Gasteiger partial charge is 0.435 e. The van der Waals surface area contributed by atoms with E-state index in [1.807, 2.05) is 11.8 Å². The molecule has 3 aliphatic rings. The van der Waals surface area contributed by atoms with E-state index in [1.54, 1.807) is 12.1 Å². The van der Waals surface area contributed by atoms with E-state index in [2.05, 4.69) is 30.7 Å². The first kappa shape index (κ1) is 20.1. The van der Waals surface area contributed by atoms with Crippen molar-refractivity contribution in [3.05, 3.63) is 53.7 Å². The molecule has 4 atom stereocenters. The van der Waals surface area contributed by atoms with Gasteiger partial charge in [-0.25, -0.2) is 4.98 Å². The summed E-state index contributed by atoms with van der Waals surface area (Å²) in [6.45, 7) is 2.44. The van der Waals surface area contributed by atoms with Gasteiger partial charge in [0.25, 0.3) is 5.91 Å². The Morgan fingerprint density at radius 1 is 1.12 bits per heavy atom. The lowest BCUT2D eigenvalue weighted by atomic mass is 9.71. The minimum atomic E-state index is -4.54. The number of carbonyl (C=O) groups is 1. The number of piperidine rings is 1. The van der Waals surface area contributed by atoms with E-state index in [0.29, 0.717) is 23.8 Å². The van der Waals surface area contributed by atoms with E-state index < -0.39 is 11.9 Å². The number of carbonyl (C=O) groups excluding carboxylic acids is 1. The van der Waals surface area contributed by atoms with Gasteiger partial charge in [0.15, 0.2) is 11.4 Å².